The van der Waals surface area contributed by atoms with Crippen molar-refractivity contribution in [2.24, 2.45) is 0 Å². The summed E-state index contributed by atoms with van der Waals surface area (Å²) < 4.78 is 2.26. The van der Waals surface area contributed by atoms with Crippen molar-refractivity contribution in [2.75, 3.05) is 5.73 Å². The first-order chi connectivity index (χ1) is 6.22. The maximum absolute atomic E-state index is 8.74. The highest BCUT2D eigenvalue weighted by atomic mass is 127. The lowest BCUT2D eigenvalue weighted by molar-refractivity contribution is 1.52. The average molecular weight is 300 g/mol. The standard InChI is InChI=1S/C9H5IN2S/c10-7-1-2-8(12)6-3-5(4-11)13-9(6)7/h1-3H,12H2. The molecule has 0 fully saturated rings. The molecule has 1 heterocycles. The third-order valence-corrected chi connectivity index (χ3v) is 4.12. The van der Waals surface area contributed by atoms with Gasteiger partial charge in [0, 0.05) is 14.6 Å². The average Bonchev–Trinajstić information content (AvgIpc) is 2.56. The molecule has 0 atom stereocenters. The van der Waals surface area contributed by atoms with E-state index in [1.165, 1.54) is 11.3 Å². The molecule has 2 N–H and O–H groups in total. The van der Waals surface area contributed by atoms with Crippen LogP contribution in [0.5, 0.6) is 0 Å². The summed E-state index contributed by atoms with van der Waals surface area (Å²) in [4.78, 5) is 0.714. The molecule has 1 aromatic carbocycles. The monoisotopic (exact) mass is 300 g/mol. The Balaban J connectivity index is 2.90. The number of hydrogen-bond donors (Lipinski definition) is 1. The van der Waals surface area contributed by atoms with Crippen LogP contribution in [0.2, 0.25) is 0 Å². The van der Waals surface area contributed by atoms with Crippen LogP contribution in [0.15, 0.2) is 18.2 Å². The van der Waals surface area contributed by atoms with Gasteiger partial charge in [0.15, 0.2) is 0 Å². The van der Waals surface area contributed by atoms with E-state index in [9.17, 15) is 0 Å². The van der Waals surface area contributed by atoms with E-state index in [1.807, 2.05) is 18.2 Å². The second-order valence-corrected chi connectivity index (χ2v) is 4.82. The van der Waals surface area contributed by atoms with Crippen molar-refractivity contribution < 1.29 is 0 Å². The van der Waals surface area contributed by atoms with Crippen LogP contribution in [0.4, 0.5) is 5.69 Å². The van der Waals surface area contributed by atoms with E-state index < -0.39 is 0 Å². The Morgan fingerprint density at radius 1 is 1.46 bits per heavy atom. The summed E-state index contributed by atoms with van der Waals surface area (Å²) in [7, 11) is 0. The smallest absolute Gasteiger partial charge is 0.110 e. The van der Waals surface area contributed by atoms with Crippen LogP contribution < -0.4 is 5.73 Å². The van der Waals surface area contributed by atoms with Crippen molar-refractivity contribution in [2.45, 2.75) is 0 Å². The first-order valence-electron chi connectivity index (χ1n) is 3.60. The minimum atomic E-state index is 0.714. The Labute approximate surface area is 93.1 Å². The zero-order chi connectivity index (χ0) is 9.42. The Morgan fingerprint density at radius 3 is 2.85 bits per heavy atom. The molecule has 2 rings (SSSR count). The molecule has 0 aliphatic carbocycles. The van der Waals surface area contributed by atoms with E-state index in [2.05, 4.69) is 28.7 Å². The molecular weight excluding hydrogens is 295 g/mol. The summed E-state index contributed by atoms with van der Waals surface area (Å²) in [5.41, 5.74) is 6.53. The Hall–Kier alpha value is -0.800. The van der Waals surface area contributed by atoms with Gasteiger partial charge in [0.2, 0.25) is 0 Å². The van der Waals surface area contributed by atoms with Gasteiger partial charge in [-0.05, 0) is 40.8 Å². The number of rotatable bonds is 0. The van der Waals surface area contributed by atoms with Crippen molar-refractivity contribution >= 4 is 49.7 Å². The maximum Gasteiger partial charge on any atom is 0.110 e. The van der Waals surface area contributed by atoms with Crippen molar-refractivity contribution in [1.29, 1.82) is 5.26 Å². The lowest BCUT2D eigenvalue weighted by atomic mass is 10.2. The Morgan fingerprint density at radius 2 is 2.23 bits per heavy atom. The molecule has 0 aliphatic rings. The van der Waals surface area contributed by atoms with Gasteiger partial charge in [-0.15, -0.1) is 11.3 Å². The quantitative estimate of drug-likeness (QED) is 0.600. The molecule has 0 saturated heterocycles. The Bertz CT molecular complexity index is 471. The topological polar surface area (TPSA) is 49.8 Å². The van der Waals surface area contributed by atoms with Crippen LogP contribution in [-0.4, -0.2) is 0 Å². The highest BCUT2D eigenvalue weighted by Gasteiger charge is 2.06. The molecule has 4 heteroatoms. The van der Waals surface area contributed by atoms with Gasteiger partial charge in [-0.2, -0.15) is 5.26 Å². The number of halogens is 1. The number of nitrogen functional groups attached to an aromatic ring is 1. The number of thiophene rings is 1. The van der Waals surface area contributed by atoms with Crippen LogP contribution in [0, 0.1) is 14.9 Å². The van der Waals surface area contributed by atoms with Gasteiger partial charge >= 0.3 is 0 Å². The molecular formula is C9H5IN2S. The normalized spacial score (nSPS) is 10.2. The van der Waals surface area contributed by atoms with Gasteiger partial charge in [0.1, 0.15) is 10.9 Å². The molecule has 0 saturated carbocycles. The fraction of sp³-hybridized carbons (Fsp3) is 0. The largest absolute Gasteiger partial charge is 0.398 e. The van der Waals surface area contributed by atoms with E-state index in [-0.39, 0.29) is 0 Å². The second kappa shape index (κ2) is 3.16. The van der Waals surface area contributed by atoms with Crippen molar-refractivity contribution in [3.63, 3.8) is 0 Å². The predicted molar refractivity (Wildman–Crippen MR) is 63.7 cm³/mol. The molecule has 1 aromatic heterocycles. The van der Waals surface area contributed by atoms with Crippen LogP contribution in [0.1, 0.15) is 4.88 Å². The number of nitriles is 1. The summed E-state index contributed by atoms with van der Waals surface area (Å²) in [6.45, 7) is 0. The van der Waals surface area contributed by atoms with E-state index >= 15 is 0 Å². The van der Waals surface area contributed by atoms with Crippen molar-refractivity contribution in [3.05, 3.63) is 26.6 Å². The third-order valence-electron chi connectivity index (χ3n) is 1.78. The van der Waals surface area contributed by atoms with Crippen LogP contribution in [-0.2, 0) is 0 Å². The molecule has 64 valence electrons. The number of hydrogen-bond acceptors (Lipinski definition) is 3. The van der Waals surface area contributed by atoms with E-state index in [0.717, 1.165) is 19.3 Å². The van der Waals surface area contributed by atoms with E-state index in [0.29, 0.717) is 4.88 Å². The van der Waals surface area contributed by atoms with Gasteiger partial charge in [-0.3, -0.25) is 0 Å². The number of nitrogens with zero attached hydrogens (tertiary/aromatic N) is 1. The lowest BCUT2D eigenvalue weighted by Crippen LogP contribution is -1.84. The fourth-order valence-corrected chi connectivity index (χ4v) is 2.86. The summed E-state index contributed by atoms with van der Waals surface area (Å²) in [6, 6.07) is 7.82. The number of fused-ring (bicyclic) bond motifs is 1. The summed E-state index contributed by atoms with van der Waals surface area (Å²) >= 11 is 3.74. The molecule has 0 aliphatic heterocycles. The molecule has 2 nitrogen and oxygen atoms in total. The molecule has 0 bridgehead atoms. The van der Waals surface area contributed by atoms with Crippen LogP contribution >= 0.6 is 33.9 Å². The molecule has 2 aromatic rings. The van der Waals surface area contributed by atoms with Gasteiger partial charge in [-0.25, -0.2) is 0 Å². The first-order valence-corrected chi connectivity index (χ1v) is 5.49. The van der Waals surface area contributed by atoms with E-state index in [1.54, 1.807) is 0 Å². The molecule has 0 spiro atoms. The summed E-state index contributed by atoms with van der Waals surface area (Å²) in [5.74, 6) is 0. The number of benzene rings is 1. The Kier molecular flexibility index (Phi) is 2.14. The number of nitrogens with two attached hydrogens (primary N) is 1. The highest BCUT2D eigenvalue weighted by molar-refractivity contribution is 14.1. The second-order valence-electron chi connectivity index (χ2n) is 2.60. The van der Waals surface area contributed by atoms with Gasteiger partial charge < -0.3 is 5.73 Å². The van der Waals surface area contributed by atoms with Crippen molar-refractivity contribution in [1.82, 2.24) is 0 Å². The third kappa shape index (κ3) is 1.38. The number of anilines is 1. The SMILES string of the molecule is N#Cc1cc2c(N)ccc(I)c2s1. The fourth-order valence-electron chi connectivity index (χ4n) is 1.17. The first kappa shape index (κ1) is 8.78. The zero-order valence-corrected chi connectivity index (χ0v) is 9.52. The van der Waals surface area contributed by atoms with Gasteiger partial charge in [0.05, 0.1) is 4.70 Å². The summed E-state index contributed by atoms with van der Waals surface area (Å²) in [6.07, 6.45) is 0. The van der Waals surface area contributed by atoms with E-state index in [4.69, 9.17) is 11.0 Å². The lowest BCUT2D eigenvalue weighted by Gasteiger charge is -1.96. The van der Waals surface area contributed by atoms with Gasteiger partial charge in [0.25, 0.3) is 0 Å². The van der Waals surface area contributed by atoms with Crippen LogP contribution in [0.3, 0.4) is 0 Å². The minimum absolute atomic E-state index is 0.714. The van der Waals surface area contributed by atoms with Crippen molar-refractivity contribution in [3.8, 4) is 6.07 Å². The molecule has 0 amide bonds. The molecule has 13 heavy (non-hydrogen) atoms. The highest BCUT2D eigenvalue weighted by Crippen LogP contribution is 2.33. The maximum atomic E-state index is 8.74. The minimum Gasteiger partial charge on any atom is -0.398 e. The molecule has 0 radical (unpaired) electrons. The van der Waals surface area contributed by atoms with Crippen LogP contribution in [0.25, 0.3) is 10.1 Å². The summed E-state index contributed by atoms with van der Waals surface area (Å²) in [5, 5.41) is 9.73. The zero-order valence-electron chi connectivity index (χ0n) is 6.54. The predicted octanol–water partition coefficient (Wildman–Crippen LogP) is 2.96. The van der Waals surface area contributed by atoms with Gasteiger partial charge in [-0.1, -0.05) is 0 Å². The molecule has 0 unspecified atom stereocenters.